The average Bonchev–Trinajstić information content (AvgIpc) is 3.69. The SMILES string of the molecule is Nc1ncnc2c1n(-c1ccc(Oc3ccccc3)cc1)c(=O)n2C1CCN(CCC2CCN(C3CN(c4ccc5c(c4)C(=O)N(C4CCC(=O)NC4=O)C5=O)C3)CC2)CC1. The van der Waals surface area contributed by atoms with Gasteiger partial charge in [-0.1, -0.05) is 18.2 Å². The van der Waals surface area contributed by atoms with Crippen LogP contribution in [0.25, 0.3) is 16.9 Å². The van der Waals surface area contributed by atoms with Crippen molar-refractivity contribution in [2.45, 2.75) is 63.1 Å². The summed E-state index contributed by atoms with van der Waals surface area (Å²) >= 11 is 0. The number of hydrogen-bond acceptors (Lipinski definition) is 12. The van der Waals surface area contributed by atoms with Gasteiger partial charge in [0.25, 0.3) is 11.8 Å². The average molecular weight is 825 g/mol. The number of amides is 4. The Bertz CT molecular complexity index is 2570. The molecule has 4 fully saturated rings. The van der Waals surface area contributed by atoms with Crippen LogP contribution in [-0.2, 0) is 9.59 Å². The van der Waals surface area contributed by atoms with Crippen LogP contribution in [0.1, 0.15) is 71.7 Å². The summed E-state index contributed by atoms with van der Waals surface area (Å²) in [7, 11) is 0. The van der Waals surface area contributed by atoms with Gasteiger partial charge < -0.3 is 20.3 Å². The van der Waals surface area contributed by atoms with Crippen LogP contribution in [0, 0.1) is 5.92 Å². The number of nitrogens with zero attached hydrogens (tertiary/aromatic N) is 8. The molecule has 1 atom stereocenters. The molecule has 314 valence electrons. The lowest BCUT2D eigenvalue weighted by molar-refractivity contribution is -0.136. The molecule has 3 N–H and O–H groups in total. The van der Waals surface area contributed by atoms with Gasteiger partial charge in [-0.25, -0.2) is 14.8 Å². The highest BCUT2D eigenvalue weighted by Gasteiger charge is 2.45. The summed E-state index contributed by atoms with van der Waals surface area (Å²) < 4.78 is 9.41. The van der Waals surface area contributed by atoms with Crippen LogP contribution in [0.15, 0.2) is 83.9 Å². The molecule has 16 nitrogen and oxygen atoms in total. The van der Waals surface area contributed by atoms with Gasteiger partial charge in [-0.05, 0) is 119 Å². The molecule has 5 aliphatic heterocycles. The number of para-hydroxylation sites is 1. The number of nitrogen functional groups attached to an aromatic ring is 1. The molecular weight excluding hydrogens is 777 g/mol. The number of anilines is 2. The van der Waals surface area contributed by atoms with Crippen LogP contribution in [0.3, 0.4) is 0 Å². The van der Waals surface area contributed by atoms with Crippen molar-refractivity contribution in [2.75, 3.05) is 56.4 Å². The van der Waals surface area contributed by atoms with E-state index in [0.29, 0.717) is 45.7 Å². The van der Waals surface area contributed by atoms with Crippen LogP contribution in [-0.4, -0.2) is 115 Å². The summed E-state index contributed by atoms with van der Waals surface area (Å²) in [4.78, 5) is 81.9. The van der Waals surface area contributed by atoms with Crippen molar-refractivity contribution in [3.8, 4) is 17.2 Å². The second kappa shape index (κ2) is 15.9. The lowest BCUT2D eigenvalue weighted by Gasteiger charge is -2.49. The van der Waals surface area contributed by atoms with Gasteiger partial charge in [-0.3, -0.25) is 43.4 Å². The number of piperidine rings is 3. The fourth-order valence-electron chi connectivity index (χ4n) is 9.85. The molecule has 4 saturated heterocycles. The molecule has 61 heavy (non-hydrogen) atoms. The largest absolute Gasteiger partial charge is 0.457 e. The Morgan fingerprint density at radius 2 is 1.44 bits per heavy atom. The number of imide groups is 2. The first-order valence-electron chi connectivity index (χ1n) is 21.3. The second-order valence-corrected chi connectivity index (χ2v) is 16.9. The fraction of sp³-hybridized carbons (Fsp3) is 0.400. The Morgan fingerprint density at radius 3 is 2.18 bits per heavy atom. The number of carbonyl (C=O) groups is 4. The molecule has 5 aliphatic rings. The zero-order chi connectivity index (χ0) is 41.8. The van der Waals surface area contributed by atoms with Gasteiger partial charge in [0.2, 0.25) is 11.8 Å². The van der Waals surface area contributed by atoms with Crippen molar-refractivity contribution in [3.63, 3.8) is 0 Å². The Balaban J connectivity index is 0.701. The molecule has 2 aromatic heterocycles. The minimum Gasteiger partial charge on any atom is -0.457 e. The third-order valence-corrected chi connectivity index (χ3v) is 13.3. The summed E-state index contributed by atoms with van der Waals surface area (Å²) in [6.07, 6.45) is 6.83. The van der Waals surface area contributed by atoms with Crippen LogP contribution < -0.4 is 26.4 Å². The first kappa shape index (κ1) is 38.8. The first-order valence-corrected chi connectivity index (χ1v) is 21.3. The van der Waals surface area contributed by atoms with E-state index in [9.17, 15) is 24.0 Å². The summed E-state index contributed by atoms with van der Waals surface area (Å²) in [6, 6.07) is 21.8. The fourth-order valence-corrected chi connectivity index (χ4v) is 9.85. The maximum Gasteiger partial charge on any atom is 0.335 e. The Hall–Kier alpha value is -6.39. The molecule has 16 heteroatoms. The zero-order valence-electron chi connectivity index (χ0n) is 33.8. The minimum atomic E-state index is -0.968. The van der Waals surface area contributed by atoms with E-state index < -0.39 is 23.8 Å². The molecule has 5 aromatic rings. The smallest absolute Gasteiger partial charge is 0.335 e. The monoisotopic (exact) mass is 824 g/mol. The van der Waals surface area contributed by atoms with Crippen LogP contribution in [0.5, 0.6) is 11.5 Å². The predicted octanol–water partition coefficient (Wildman–Crippen LogP) is 3.99. The van der Waals surface area contributed by atoms with E-state index in [1.165, 1.54) is 6.33 Å². The number of nitrogens with two attached hydrogens (primary N) is 1. The lowest BCUT2D eigenvalue weighted by Crippen LogP contribution is -2.61. The van der Waals surface area contributed by atoms with Gasteiger partial charge in [0.05, 0.1) is 16.8 Å². The van der Waals surface area contributed by atoms with E-state index in [-0.39, 0.29) is 36.3 Å². The predicted molar refractivity (Wildman–Crippen MR) is 227 cm³/mol. The van der Waals surface area contributed by atoms with Crippen LogP contribution in [0.4, 0.5) is 11.5 Å². The van der Waals surface area contributed by atoms with Gasteiger partial charge in [0, 0.05) is 50.4 Å². The van der Waals surface area contributed by atoms with Crippen LogP contribution >= 0.6 is 0 Å². The molecular formula is C45H48N10O6. The Labute approximate surface area is 351 Å². The molecule has 4 amide bonds. The van der Waals surface area contributed by atoms with Gasteiger partial charge in [-0.15, -0.1) is 0 Å². The Kier molecular flexibility index (Phi) is 10.1. The van der Waals surface area contributed by atoms with Crippen LogP contribution in [0.2, 0.25) is 0 Å². The van der Waals surface area contributed by atoms with Crippen molar-refractivity contribution in [3.05, 3.63) is 101 Å². The number of imidazole rings is 1. The van der Waals surface area contributed by atoms with Crippen molar-refractivity contribution < 1.29 is 23.9 Å². The number of ether oxygens (including phenoxy) is 1. The standard InChI is InChI=1S/C45H48N10O6/c46-40-39-41(48-27-47-40)54(45(60)53(39)29-6-9-34(10-7-29)61-33-4-2-1-3-5-33)30-17-20-50(21-18-30)19-14-28-15-22-51(23-16-28)32-25-52(26-32)31-8-11-35-36(24-31)44(59)55(43(35)58)37-12-13-38(56)49-42(37)57/h1-11,24,27-28,30,32,37H,12-23,25-26H2,(H2,46,47,48)(H,49,56,57). The molecule has 10 rings (SSSR count). The lowest BCUT2D eigenvalue weighted by atomic mass is 9.91. The maximum atomic E-state index is 14.2. The van der Waals surface area contributed by atoms with Gasteiger partial charge in [0.1, 0.15) is 29.4 Å². The number of aromatic nitrogens is 4. The number of nitrogens with one attached hydrogen (secondary N) is 1. The Morgan fingerprint density at radius 1 is 0.738 bits per heavy atom. The molecule has 0 spiro atoms. The van der Waals surface area contributed by atoms with E-state index in [2.05, 4.69) is 30.0 Å². The third-order valence-electron chi connectivity index (χ3n) is 13.3. The number of fused-ring (bicyclic) bond motifs is 2. The quantitative estimate of drug-likeness (QED) is 0.194. The van der Waals surface area contributed by atoms with E-state index in [4.69, 9.17) is 10.5 Å². The van der Waals surface area contributed by atoms with Gasteiger partial charge in [0.15, 0.2) is 11.5 Å². The highest BCUT2D eigenvalue weighted by molar-refractivity contribution is 6.23. The molecule has 0 aliphatic carbocycles. The van der Waals surface area contributed by atoms with E-state index >= 15 is 0 Å². The topological polar surface area (TPSA) is 181 Å². The highest BCUT2D eigenvalue weighted by Crippen LogP contribution is 2.35. The number of hydrogen-bond donors (Lipinski definition) is 2. The summed E-state index contributed by atoms with van der Waals surface area (Å²) in [5.41, 5.74) is 9.48. The molecule has 0 bridgehead atoms. The normalized spacial score (nSPS) is 21.0. The van der Waals surface area contributed by atoms with Gasteiger partial charge >= 0.3 is 5.69 Å². The number of carbonyl (C=O) groups excluding carboxylic acids is 4. The zero-order valence-corrected chi connectivity index (χ0v) is 33.8. The van der Waals surface area contributed by atoms with E-state index in [1.54, 1.807) is 16.7 Å². The molecule has 0 radical (unpaired) electrons. The molecule has 0 saturated carbocycles. The van der Waals surface area contributed by atoms with E-state index in [1.807, 2.05) is 65.2 Å². The molecule has 1 unspecified atom stereocenters. The molecule has 3 aromatic carbocycles. The second-order valence-electron chi connectivity index (χ2n) is 16.9. The minimum absolute atomic E-state index is 0.0000738. The van der Waals surface area contributed by atoms with Crippen molar-refractivity contribution in [1.29, 1.82) is 0 Å². The summed E-state index contributed by atoms with van der Waals surface area (Å²) in [6.45, 7) is 6.68. The van der Waals surface area contributed by atoms with Crippen molar-refractivity contribution in [1.82, 2.24) is 39.1 Å². The van der Waals surface area contributed by atoms with Crippen molar-refractivity contribution in [2.24, 2.45) is 5.92 Å². The summed E-state index contributed by atoms with van der Waals surface area (Å²) in [5.74, 6) is 0.375. The van der Waals surface area contributed by atoms with Crippen molar-refractivity contribution >= 4 is 46.3 Å². The number of rotatable bonds is 10. The summed E-state index contributed by atoms with van der Waals surface area (Å²) in [5, 5.41) is 2.25. The van der Waals surface area contributed by atoms with E-state index in [0.717, 1.165) is 94.3 Å². The van der Waals surface area contributed by atoms with Gasteiger partial charge in [-0.2, -0.15) is 0 Å². The highest BCUT2D eigenvalue weighted by atomic mass is 16.5. The number of benzene rings is 3. The third kappa shape index (κ3) is 7.22. The first-order chi connectivity index (χ1) is 29.7. The maximum absolute atomic E-state index is 14.2. The molecule has 7 heterocycles. The number of likely N-dealkylation sites (tertiary alicyclic amines) is 2.